The van der Waals surface area contributed by atoms with Crippen LogP contribution in [0, 0.1) is 0 Å². The van der Waals surface area contributed by atoms with E-state index in [4.69, 9.17) is 0 Å². The molecule has 1 aromatic heterocycles. The Kier molecular flexibility index (Phi) is 6.05. The largest absolute Gasteiger partial charge is 0.355 e. The molecule has 0 amide bonds. The molecule has 6 aromatic carbocycles. The van der Waals surface area contributed by atoms with Crippen LogP contribution in [0.4, 0.5) is 11.4 Å². The van der Waals surface area contributed by atoms with Gasteiger partial charge in [-0.2, -0.15) is 0 Å². The van der Waals surface area contributed by atoms with E-state index in [0.717, 1.165) is 24.2 Å². The molecule has 2 nitrogen and oxygen atoms in total. The Morgan fingerprint density at radius 1 is 0.556 bits per heavy atom. The summed E-state index contributed by atoms with van der Waals surface area (Å²) in [6.07, 6.45) is 8.04. The Bertz CT molecular complexity index is 2300. The highest BCUT2D eigenvalue weighted by atomic mass is 15.0. The van der Waals surface area contributed by atoms with Crippen LogP contribution in [-0.2, 0) is 6.42 Å². The first-order chi connectivity index (χ1) is 22.3. The number of aromatic nitrogens is 1. The molecule has 0 fully saturated rings. The monoisotopic (exact) mass is 576 g/mol. The molecule has 2 aliphatic carbocycles. The molecule has 9 rings (SSSR count). The zero-order chi connectivity index (χ0) is 29.7. The molecule has 1 N–H and O–H groups in total. The number of benzene rings is 6. The quantitative estimate of drug-likeness (QED) is 0.216. The van der Waals surface area contributed by atoms with Crippen LogP contribution in [0.25, 0.3) is 55.3 Å². The molecule has 0 saturated carbocycles. The summed E-state index contributed by atoms with van der Waals surface area (Å²) in [5.74, 6) is 0. The summed E-state index contributed by atoms with van der Waals surface area (Å²) in [5, 5.41) is 6.25. The number of hydrogen-bond acceptors (Lipinski definition) is 1. The average Bonchev–Trinajstić information content (AvgIpc) is 3.65. The number of rotatable bonds is 5. The zero-order valence-electron chi connectivity index (χ0n) is 25.0. The second kappa shape index (κ2) is 10.5. The molecule has 0 unspecified atom stereocenters. The predicted molar refractivity (Wildman–Crippen MR) is 190 cm³/mol. The first-order valence-electron chi connectivity index (χ1n) is 15.9. The van der Waals surface area contributed by atoms with Crippen LogP contribution in [0.3, 0.4) is 0 Å². The topological polar surface area (TPSA) is 17.0 Å². The van der Waals surface area contributed by atoms with Crippen LogP contribution in [0.15, 0.2) is 157 Å². The van der Waals surface area contributed by atoms with E-state index < -0.39 is 0 Å². The Morgan fingerprint density at radius 2 is 1.29 bits per heavy atom. The van der Waals surface area contributed by atoms with Crippen molar-refractivity contribution in [1.82, 2.24) is 4.57 Å². The van der Waals surface area contributed by atoms with Gasteiger partial charge in [0.1, 0.15) is 0 Å². The van der Waals surface area contributed by atoms with Gasteiger partial charge in [0, 0.05) is 33.4 Å². The number of hydrogen-bond donors (Lipinski definition) is 1. The van der Waals surface area contributed by atoms with Gasteiger partial charge in [0.25, 0.3) is 0 Å². The molecule has 0 spiro atoms. The van der Waals surface area contributed by atoms with Gasteiger partial charge >= 0.3 is 0 Å². The van der Waals surface area contributed by atoms with E-state index in [0.29, 0.717) is 0 Å². The second-order valence-corrected chi connectivity index (χ2v) is 12.1. The standard InChI is InChI=1S/C43H32N2/c1-3-13-32(14-4-1)44-41-24-22-30(35-19-11-20-36-34-17-8-7-12-29(34)27-39(35)36)26-38(41)31-23-25-43-40(28-31)37-18-9-10-21-42(37)45(43)33-15-5-2-6-16-33/h1-6,8-11,13-26,28,44H,7,12,27H2. The van der Waals surface area contributed by atoms with Crippen molar-refractivity contribution in [3.05, 3.63) is 168 Å². The maximum atomic E-state index is 3.74. The van der Waals surface area contributed by atoms with E-state index >= 15 is 0 Å². The lowest BCUT2D eigenvalue weighted by Crippen LogP contribution is -1.96. The molecule has 7 aromatic rings. The van der Waals surface area contributed by atoms with Crippen molar-refractivity contribution in [3.63, 3.8) is 0 Å². The number of fused-ring (bicyclic) bond motifs is 5. The van der Waals surface area contributed by atoms with Crippen LogP contribution in [0.5, 0.6) is 0 Å². The third kappa shape index (κ3) is 4.33. The molecule has 0 atom stereocenters. The molecule has 214 valence electrons. The Labute approximate surface area is 263 Å². The van der Waals surface area contributed by atoms with Crippen molar-refractivity contribution in [3.8, 4) is 27.9 Å². The lowest BCUT2D eigenvalue weighted by molar-refractivity contribution is 0.935. The fourth-order valence-electron chi connectivity index (χ4n) is 7.42. The Morgan fingerprint density at radius 3 is 2.18 bits per heavy atom. The third-order valence-corrected chi connectivity index (χ3v) is 9.52. The highest BCUT2D eigenvalue weighted by Gasteiger charge is 2.24. The van der Waals surface area contributed by atoms with Gasteiger partial charge in [-0.25, -0.2) is 0 Å². The maximum Gasteiger partial charge on any atom is 0.0541 e. The van der Waals surface area contributed by atoms with Crippen LogP contribution >= 0.6 is 0 Å². The smallest absolute Gasteiger partial charge is 0.0541 e. The number of nitrogens with one attached hydrogen (secondary N) is 1. The maximum absolute atomic E-state index is 3.74. The third-order valence-electron chi connectivity index (χ3n) is 9.52. The van der Waals surface area contributed by atoms with Gasteiger partial charge in [0.05, 0.1) is 11.0 Å². The number of anilines is 2. The van der Waals surface area contributed by atoms with Gasteiger partial charge in [0.2, 0.25) is 0 Å². The summed E-state index contributed by atoms with van der Waals surface area (Å²) in [4.78, 5) is 0. The van der Waals surface area contributed by atoms with Crippen molar-refractivity contribution < 1.29 is 0 Å². The van der Waals surface area contributed by atoms with E-state index in [1.807, 2.05) is 0 Å². The first-order valence-corrected chi connectivity index (χ1v) is 15.9. The van der Waals surface area contributed by atoms with E-state index in [2.05, 4.69) is 162 Å². The normalized spacial score (nSPS) is 13.8. The van der Waals surface area contributed by atoms with E-state index in [9.17, 15) is 0 Å². The molecule has 0 bridgehead atoms. The summed E-state index contributed by atoms with van der Waals surface area (Å²) < 4.78 is 2.38. The Balaban J connectivity index is 1.23. The summed E-state index contributed by atoms with van der Waals surface area (Å²) in [5.41, 5.74) is 16.7. The average molecular weight is 577 g/mol. The van der Waals surface area contributed by atoms with Crippen LogP contribution < -0.4 is 5.32 Å². The van der Waals surface area contributed by atoms with Crippen molar-refractivity contribution in [2.75, 3.05) is 5.32 Å². The van der Waals surface area contributed by atoms with Gasteiger partial charge < -0.3 is 9.88 Å². The summed E-state index contributed by atoms with van der Waals surface area (Å²) in [7, 11) is 0. The predicted octanol–water partition coefficient (Wildman–Crippen LogP) is 11.5. The van der Waals surface area contributed by atoms with Gasteiger partial charge in [-0.3, -0.25) is 0 Å². The number of para-hydroxylation sites is 3. The highest BCUT2D eigenvalue weighted by Crippen LogP contribution is 2.44. The first kappa shape index (κ1) is 25.9. The van der Waals surface area contributed by atoms with Crippen molar-refractivity contribution in [2.24, 2.45) is 0 Å². The fraction of sp³-hybridized carbons (Fsp3) is 0.0698. The number of nitrogens with zero attached hydrogens (tertiary/aromatic N) is 1. The molecule has 0 aliphatic heterocycles. The molecule has 1 heterocycles. The van der Waals surface area contributed by atoms with E-state index in [1.54, 1.807) is 5.57 Å². The summed E-state index contributed by atoms with van der Waals surface area (Å²) in [6, 6.07) is 50.6. The van der Waals surface area contributed by atoms with Crippen molar-refractivity contribution in [1.29, 1.82) is 0 Å². The minimum Gasteiger partial charge on any atom is -0.355 e. The second-order valence-electron chi connectivity index (χ2n) is 12.1. The summed E-state index contributed by atoms with van der Waals surface area (Å²) >= 11 is 0. The van der Waals surface area contributed by atoms with Crippen LogP contribution in [-0.4, -0.2) is 4.57 Å². The SMILES string of the molecule is C1=CC2=C(CC1)Cc1c2cccc1-c1ccc(Nc2ccccc2)c(-c2ccc3c(c2)c2ccccc2n3-c2ccccc2)c1. The molecular formula is C43H32N2. The molecule has 2 heteroatoms. The van der Waals surface area contributed by atoms with Gasteiger partial charge in [-0.15, -0.1) is 0 Å². The number of allylic oxidation sites excluding steroid dienone is 4. The highest BCUT2D eigenvalue weighted by molar-refractivity contribution is 6.11. The van der Waals surface area contributed by atoms with Crippen molar-refractivity contribution in [2.45, 2.75) is 19.3 Å². The minimum absolute atomic E-state index is 1.05. The van der Waals surface area contributed by atoms with Crippen LogP contribution in [0.1, 0.15) is 24.0 Å². The fourth-order valence-corrected chi connectivity index (χ4v) is 7.42. The van der Waals surface area contributed by atoms with E-state index in [1.165, 1.54) is 72.9 Å². The molecule has 2 aliphatic rings. The minimum atomic E-state index is 1.05. The molecule has 45 heavy (non-hydrogen) atoms. The van der Waals surface area contributed by atoms with Gasteiger partial charge in [-0.05, 0) is 107 Å². The van der Waals surface area contributed by atoms with Crippen LogP contribution in [0.2, 0.25) is 0 Å². The van der Waals surface area contributed by atoms with Crippen molar-refractivity contribution >= 4 is 38.8 Å². The Hall–Kier alpha value is -5.60. The molecule has 0 saturated heterocycles. The lowest BCUT2D eigenvalue weighted by Gasteiger charge is -2.17. The molecular weight excluding hydrogens is 544 g/mol. The van der Waals surface area contributed by atoms with E-state index in [-0.39, 0.29) is 0 Å². The molecule has 0 radical (unpaired) electrons. The summed E-state index contributed by atoms with van der Waals surface area (Å²) in [6.45, 7) is 0. The zero-order valence-corrected chi connectivity index (χ0v) is 25.0. The van der Waals surface area contributed by atoms with Gasteiger partial charge in [-0.1, -0.05) is 103 Å². The van der Waals surface area contributed by atoms with Gasteiger partial charge in [0.15, 0.2) is 0 Å². The lowest BCUT2D eigenvalue weighted by atomic mass is 9.91.